The minimum Gasteiger partial charge on any atom is -0.394 e. The Kier molecular flexibility index (Phi) is 4.29. The molecule has 0 saturated heterocycles. The van der Waals surface area contributed by atoms with Crippen molar-refractivity contribution in [3.05, 3.63) is 33.9 Å². The van der Waals surface area contributed by atoms with Crippen molar-refractivity contribution in [2.24, 2.45) is 0 Å². The van der Waals surface area contributed by atoms with E-state index in [0.29, 0.717) is 4.90 Å². The molecule has 0 aliphatic heterocycles. The predicted octanol–water partition coefficient (Wildman–Crippen LogP) is 1.96. The number of aliphatic hydroxyl groups excluding tert-OH is 1. The summed E-state index contributed by atoms with van der Waals surface area (Å²) in [7, 11) is 0. The fraction of sp³-hybridized carbons (Fsp3) is 0.462. The molecule has 1 aromatic rings. The van der Waals surface area contributed by atoms with Crippen molar-refractivity contribution in [3.8, 4) is 0 Å². The average Bonchev–Trinajstić information content (AvgIpc) is 2.41. The number of carbonyl (C=O) groups is 1. The van der Waals surface area contributed by atoms with Crippen LogP contribution in [0.1, 0.15) is 29.6 Å². The fourth-order valence-electron chi connectivity index (χ4n) is 2.21. The number of nitrogens with one attached hydrogen (secondary N) is 1. The molecule has 0 bridgehead atoms. The molecule has 0 aromatic heterocycles. The van der Waals surface area contributed by atoms with Gasteiger partial charge in [0.15, 0.2) is 0 Å². The highest BCUT2D eigenvalue weighted by molar-refractivity contribution is 7.98. The van der Waals surface area contributed by atoms with Crippen molar-refractivity contribution in [1.29, 1.82) is 0 Å². The number of hydrogen-bond donors (Lipinski definition) is 2. The molecular weight excluding hydrogens is 280 g/mol. The lowest BCUT2D eigenvalue weighted by Crippen LogP contribution is -2.56. The molecular formula is C13H16N2O4S. The summed E-state index contributed by atoms with van der Waals surface area (Å²) in [6.07, 6.45) is 4.18. The SMILES string of the molecule is CSc1ccc(C(=O)NC2(CO)CCC2)cc1[N+](=O)[O-]. The Bertz CT molecular complexity index is 538. The van der Waals surface area contributed by atoms with Crippen LogP contribution >= 0.6 is 11.8 Å². The Morgan fingerprint density at radius 3 is 2.70 bits per heavy atom. The number of amides is 1. The van der Waals surface area contributed by atoms with E-state index in [-0.39, 0.29) is 23.8 Å². The zero-order valence-electron chi connectivity index (χ0n) is 11.1. The van der Waals surface area contributed by atoms with Crippen LogP contribution in [0, 0.1) is 10.1 Å². The molecule has 1 fully saturated rings. The molecule has 0 spiro atoms. The third-order valence-corrected chi connectivity index (χ3v) is 4.41. The Labute approximate surface area is 120 Å². The normalized spacial score (nSPS) is 16.3. The largest absolute Gasteiger partial charge is 0.394 e. The van der Waals surface area contributed by atoms with Crippen LogP contribution in [-0.4, -0.2) is 34.3 Å². The van der Waals surface area contributed by atoms with Gasteiger partial charge < -0.3 is 10.4 Å². The molecule has 2 N–H and O–H groups in total. The monoisotopic (exact) mass is 296 g/mol. The number of nitrogens with zero attached hydrogens (tertiary/aromatic N) is 1. The summed E-state index contributed by atoms with van der Waals surface area (Å²) < 4.78 is 0. The second-order valence-electron chi connectivity index (χ2n) is 4.89. The molecule has 0 radical (unpaired) electrons. The number of benzene rings is 1. The number of hydrogen-bond acceptors (Lipinski definition) is 5. The van der Waals surface area contributed by atoms with Crippen molar-refractivity contribution >= 4 is 23.4 Å². The first kappa shape index (κ1) is 14.8. The lowest BCUT2D eigenvalue weighted by atomic mass is 9.77. The Balaban J connectivity index is 2.22. The summed E-state index contributed by atoms with van der Waals surface area (Å²) in [5.74, 6) is -0.380. The van der Waals surface area contributed by atoms with Crippen LogP contribution in [0.15, 0.2) is 23.1 Å². The zero-order chi connectivity index (χ0) is 14.8. The Morgan fingerprint density at radius 2 is 2.25 bits per heavy atom. The van der Waals surface area contributed by atoms with Gasteiger partial charge in [-0.15, -0.1) is 11.8 Å². The van der Waals surface area contributed by atoms with E-state index in [4.69, 9.17) is 0 Å². The van der Waals surface area contributed by atoms with Crippen LogP contribution in [-0.2, 0) is 0 Å². The maximum atomic E-state index is 12.1. The standard InChI is InChI=1S/C13H16N2O4S/c1-20-11-4-3-9(7-10(11)15(18)19)12(17)14-13(8-16)5-2-6-13/h3-4,7,16H,2,5-6,8H2,1H3,(H,14,17). The predicted molar refractivity (Wildman–Crippen MR) is 76.0 cm³/mol. The third-order valence-electron chi connectivity index (χ3n) is 3.63. The topological polar surface area (TPSA) is 92.5 Å². The number of thioether (sulfide) groups is 1. The lowest BCUT2D eigenvalue weighted by molar-refractivity contribution is -0.387. The third kappa shape index (κ3) is 2.78. The lowest BCUT2D eigenvalue weighted by Gasteiger charge is -2.40. The van der Waals surface area contributed by atoms with E-state index in [1.54, 1.807) is 18.4 Å². The number of carbonyl (C=O) groups excluding carboxylic acids is 1. The van der Waals surface area contributed by atoms with E-state index in [1.807, 2.05) is 0 Å². The Hall–Kier alpha value is -1.60. The summed E-state index contributed by atoms with van der Waals surface area (Å²) in [5, 5.41) is 23.1. The molecule has 1 aliphatic rings. The van der Waals surface area contributed by atoms with Crippen LogP contribution in [0.3, 0.4) is 0 Å². The molecule has 108 valence electrons. The van der Waals surface area contributed by atoms with E-state index in [2.05, 4.69) is 5.32 Å². The van der Waals surface area contributed by atoms with Crippen LogP contribution in [0.2, 0.25) is 0 Å². The van der Waals surface area contributed by atoms with Crippen molar-refractivity contribution < 1.29 is 14.8 Å². The molecule has 20 heavy (non-hydrogen) atoms. The highest BCUT2D eigenvalue weighted by atomic mass is 32.2. The number of nitro benzene ring substituents is 1. The summed E-state index contributed by atoms with van der Waals surface area (Å²) in [6, 6.07) is 4.42. The number of rotatable bonds is 5. The Morgan fingerprint density at radius 1 is 1.55 bits per heavy atom. The van der Waals surface area contributed by atoms with Crippen molar-refractivity contribution in [3.63, 3.8) is 0 Å². The smallest absolute Gasteiger partial charge is 0.283 e. The average molecular weight is 296 g/mol. The molecule has 1 amide bonds. The first-order chi connectivity index (χ1) is 9.51. The number of aliphatic hydroxyl groups is 1. The van der Waals surface area contributed by atoms with Gasteiger partial charge in [0.25, 0.3) is 11.6 Å². The van der Waals surface area contributed by atoms with Crippen molar-refractivity contribution in [2.45, 2.75) is 29.7 Å². The maximum Gasteiger partial charge on any atom is 0.283 e. The second-order valence-corrected chi connectivity index (χ2v) is 5.74. The first-order valence-electron chi connectivity index (χ1n) is 6.27. The molecule has 7 heteroatoms. The highest BCUT2D eigenvalue weighted by Crippen LogP contribution is 2.32. The van der Waals surface area contributed by atoms with Crippen LogP contribution in [0.25, 0.3) is 0 Å². The van der Waals surface area contributed by atoms with Gasteiger partial charge in [-0.05, 0) is 37.7 Å². The quantitative estimate of drug-likeness (QED) is 0.492. The van der Waals surface area contributed by atoms with E-state index >= 15 is 0 Å². The molecule has 2 rings (SSSR count). The molecule has 0 atom stereocenters. The van der Waals surface area contributed by atoms with Gasteiger partial charge in [-0.1, -0.05) is 0 Å². The molecule has 0 heterocycles. The van der Waals surface area contributed by atoms with Gasteiger partial charge in [-0.25, -0.2) is 0 Å². The van der Waals surface area contributed by atoms with Crippen LogP contribution in [0.5, 0.6) is 0 Å². The van der Waals surface area contributed by atoms with Gasteiger partial charge in [-0.3, -0.25) is 14.9 Å². The molecule has 6 nitrogen and oxygen atoms in total. The highest BCUT2D eigenvalue weighted by Gasteiger charge is 2.38. The van der Waals surface area contributed by atoms with E-state index in [1.165, 1.54) is 17.8 Å². The second kappa shape index (κ2) is 5.80. The summed E-state index contributed by atoms with van der Waals surface area (Å²) >= 11 is 1.26. The van der Waals surface area contributed by atoms with E-state index < -0.39 is 10.5 Å². The zero-order valence-corrected chi connectivity index (χ0v) is 11.9. The van der Waals surface area contributed by atoms with Gasteiger partial charge in [-0.2, -0.15) is 0 Å². The minimum absolute atomic E-state index is 0.0724. The summed E-state index contributed by atoms with van der Waals surface area (Å²) in [4.78, 5) is 23.1. The molecule has 1 aromatic carbocycles. The fourth-order valence-corrected chi connectivity index (χ4v) is 2.76. The van der Waals surface area contributed by atoms with Crippen LogP contribution < -0.4 is 5.32 Å². The van der Waals surface area contributed by atoms with Gasteiger partial charge >= 0.3 is 0 Å². The first-order valence-corrected chi connectivity index (χ1v) is 7.49. The van der Waals surface area contributed by atoms with Gasteiger partial charge in [0.05, 0.1) is 22.0 Å². The number of nitro groups is 1. The van der Waals surface area contributed by atoms with E-state index in [0.717, 1.165) is 19.3 Å². The van der Waals surface area contributed by atoms with Gasteiger partial charge in [0.2, 0.25) is 0 Å². The summed E-state index contributed by atoms with van der Waals surface area (Å²) in [6.45, 7) is -0.107. The van der Waals surface area contributed by atoms with E-state index in [9.17, 15) is 20.0 Å². The van der Waals surface area contributed by atoms with Crippen LogP contribution in [0.4, 0.5) is 5.69 Å². The van der Waals surface area contributed by atoms with Gasteiger partial charge in [0.1, 0.15) is 0 Å². The molecule has 0 unspecified atom stereocenters. The summed E-state index contributed by atoms with van der Waals surface area (Å²) in [5.41, 5.74) is -0.379. The molecule has 1 saturated carbocycles. The van der Waals surface area contributed by atoms with Crippen molar-refractivity contribution in [2.75, 3.05) is 12.9 Å². The van der Waals surface area contributed by atoms with Crippen molar-refractivity contribution in [1.82, 2.24) is 5.32 Å². The molecule has 1 aliphatic carbocycles. The minimum atomic E-state index is -0.552. The van der Waals surface area contributed by atoms with Gasteiger partial charge in [0, 0.05) is 11.6 Å². The maximum absolute atomic E-state index is 12.1.